The first-order valence-electron chi connectivity index (χ1n) is 22.0. The van der Waals surface area contributed by atoms with Crippen LogP contribution in [0.1, 0.15) is 187 Å². The number of aliphatic hydroxyl groups is 5. The van der Waals surface area contributed by atoms with Crippen molar-refractivity contribution in [1.29, 1.82) is 0 Å². The Balaban J connectivity index is 2.36. The lowest BCUT2D eigenvalue weighted by atomic mass is 9.85. The summed E-state index contributed by atoms with van der Waals surface area (Å²) in [4.78, 5) is 35.4. The van der Waals surface area contributed by atoms with Crippen LogP contribution < -0.4 is 0 Å². The first-order chi connectivity index (χ1) is 26.9. The number of aliphatic hydroxyl groups excluding tert-OH is 5. The molecule has 0 aromatic carbocycles. The lowest BCUT2D eigenvalue weighted by molar-refractivity contribution is -0.220. The van der Waals surface area contributed by atoms with E-state index in [1.54, 1.807) is 0 Å². The van der Waals surface area contributed by atoms with Gasteiger partial charge in [0, 0.05) is 12.8 Å². The summed E-state index contributed by atoms with van der Waals surface area (Å²) in [5.41, 5.74) is 0. The van der Waals surface area contributed by atoms with E-state index in [1.807, 2.05) is 0 Å². The molecule has 56 heavy (non-hydrogen) atoms. The molecule has 1 saturated carbocycles. The molecule has 14 heteroatoms. The summed E-state index contributed by atoms with van der Waals surface area (Å²) >= 11 is 0. The third-order valence-electron chi connectivity index (χ3n) is 10.4. The average molecular weight is 823 g/mol. The Hall–Kier alpha value is -1.41. The van der Waals surface area contributed by atoms with Crippen molar-refractivity contribution in [2.75, 3.05) is 13.2 Å². The van der Waals surface area contributed by atoms with Gasteiger partial charge in [0.25, 0.3) is 0 Å². The van der Waals surface area contributed by atoms with Crippen molar-refractivity contribution in [1.82, 2.24) is 0 Å². The van der Waals surface area contributed by atoms with Crippen molar-refractivity contribution >= 4 is 19.8 Å². The lowest BCUT2D eigenvalue weighted by Gasteiger charge is -2.41. The van der Waals surface area contributed by atoms with Gasteiger partial charge in [-0.15, -0.1) is 0 Å². The van der Waals surface area contributed by atoms with E-state index >= 15 is 0 Å². The summed E-state index contributed by atoms with van der Waals surface area (Å²) in [7, 11) is -5.10. The molecule has 1 aliphatic carbocycles. The molecule has 0 aliphatic heterocycles. The number of phosphoric ester groups is 1. The fourth-order valence-corrected chi connectivity index (χ4v) is 7.73. The maximum atomic E-state index is 12.7. The van der Waals surface area contributed by atoms with E-state index < -0.39 is 75.7 Å². The highest BCUT2D eigenvalue weighted by Crippen LogP contribution is 2.47. The SMILES string of the molecule is CCCCCCCCCC/C=C\CCCCCCCCCCCC(=O)OC(COC(=O)CCCCCCCC)COP(=O)(O)OC1C(O)C(O)C(O)C(O)C1O. The summed E-state index contributed by atoms with van der Waals surface area (Å²) in [6.07, 6.45) is 20.4. The van der Waals surface area contributed by atoms with Crippen molar-refractivity contribution in [3.05, 3.63) is 12.2 Å². The zero-order valence-electron chi connectivity index (χ0n) is 34.7. The second-order valence-electron chi connectivity index (χ2n) is 15.6. The van der Waals surface area contributed by atoms with Gasteiger partial charge in [-0.25, -0.2) is 4.57 Å². The summed E-state index contributed by atoms with van der Waals surface area (Å²) in [6.45, 7) is 3.21. The molecule has 13 nitrogen and oxygen atoms in total. The fraction of sp³-hybridized carbons (Fsp3) is 0.905. The van der Waals surface area contributed by atoms with Gasteiger partial charge in [0.1, 0.15) is 43.2 Å². The molecule has 0 heterocycles. The highest BCUT2D eigenvalue weighted by atomic mass is 31.2. The number of allylic oxidation sites excluding steroid dienone is 2. The molecule has 0 saturated heterocycles. The molecule has 0 amide bonds. The van der Waals surface area contributed by atoms with Crippen LogP contribution in [-0.4, -0.2) is 98.3 Å². The van der Waals surface area contributed by atoms with E-state index in [0.717, 1.165) is 64.2 Å². The van der Waals surface area contributed by atoms with Crippen molar-refractivity contribution < 1.29 is 63.1 Å². The molecule has 6 atom stereocenters. The molecular weight excluding hydrogens is 743 g/mol. The van der Waals surface area contributed by atoms with Crippen molar-refractivity contribution in [2.24, 2.45) is 0 Å². The van der Waals surface area contributed by atoms with Crippen molar-refractivity contribution in [3.63, 3.8) is 0 Å². The number of hydrogen-bond donors (Lipinski definition) is 6. The monoisotopic (exact) mass is 823 g/mol. The lowest BCUT2D eigenvalue weighted by Crippen LogP contribution is -2.64. The Morgan fingerprint density at radius 2 is 0.911 bits per heavy atom. The first kappa shape index (κ1) is 52.6. The van der Waals surface area contributed by atoms with Gasteiger partial charge in [-0.05, 0) is 38.5 Å². The van der Waals surface area contributed by atoms with Crippen LogP contribution in [0.3, 0.4) is 0 Å². The number of ether oxygens (including phenoxy) is 2. The number of phosphoric acid groups is 1. The van der Waals surface area contributed by atoms with Crippen LogP contribution in [0.5, 0.6) is 0 Å². The second-order valence-corrected chi connectivity index (χ2v) is 17.0. The molecule has 6 unspecified atom stereocenters. The molecule has 1 rings (SSSR count). The number of carbonyl (C=O) groups excluding carboxylic acids is 2. The largest absolute Gasteiger partial charge is 0.472 e. The van der Waals surface area contributed by atoms with Gasteiger partial charge in [-0.1, -0.05) is 148 Å². The number of carbonyl (C=O) groups is 2. The van der Waals surface area contributed by atoms with Crippen molar-refractivity contribution in [3.8, 4) is 0 Å². The van der Waals surface area contributed by atoms with Gasteiger partial charge < -0.3 is 39.9 Å². The highest BCUT2D eigenvalue weighted by molar-refractivity contribution is 7.47. The predicted molar refractivity (Wildman–Crippen MR) is 217 cm³/mol. The number of rotatable bonds is 36. The summed E-state index contributed by atoms with van der Waals surface area (Å²) < 4.78 is 33.3. The second kappa shape index (κ2) is 33.4. The van der Waals surface area contributed by atoms with Crippen LogP contribution in [0, 0.1) is 0 Å². The number of esters is 2. The first-order valence-corrected chi connectivity index (χ1v) is 23.5. The van der Waals surface area contributed by atoms with Gasteiger partial charge in [0.05, 0.1) is 6.61 Å². The van der Waals surface area contributed by atoms with Gasteiger partial charge in [0.2, 0.25) is 0 Å². The Morgan fingerprint density at radius 1 is 0.536 bits per heavy atom. The smallest absolute Gasteiger partial charge is 0.462 e. The minimum Gasteiger partial charge on any atom is -0.462 e. The number of hydrogen-bond acceptors (Lipinski definition) is 12. The van der Waals surface area contributed by atoms with Gasteiger partial charge >= 0.3 is 19.8 Å². The molecular formula is C42H79O13P. The van der Waals surface area contributed by atoms with Gasteiger partial charge in [-0.2, -0.15) is 0 Å². The molecule has 0 aromatic rings. The van der Waals surface area contributed by atoms with Crippen LogP contribution in [0.2, 0.25) is 0 Å². The van der Waals surface area contributed by atoms with E-state index in [4.69, 9.17) is 18.5 Å². The molecule has 330 valence electrons. The quantitative estimate of drug-likeness (QED) is 0.0154. The van der Waals surface area contributed by atoms with Gasteiger partial charge in [0.15, 0.2) is 6.10 Å². The average Bonchev–Trinajstić information content (AvgIpc) is 3.18. The maximum Gasteiger partial charge on any atom is 0.472 e. The van der Waals surface area contributed by atoms with E-state index in [-0.39, 0.29) is 12.8 Å². The van der Waals surface area contributed by atoms with Crippen LogP contribution in [0.15, 0.2) is 12.2 Å². The maximum absolute atomic E-state index is 12.7. The Bertz CT molecular complexity index is 1040. The van der Waals surface area contributed by atoms with Crippen LogP contribution in [-0.2, 0) is 32.7 Å². The Morgan fingerprint density at radius 3 is 1.36 bits per heavy atom. The molecule has 0 radical (unpaired) electrons. The zero-order chi connectivity index (χ0) is 41.4. The van der Waals surface area contributed by atoms with E-state index in [9.17, 15) is 44.6 Å². The van der Waals surface area contributed by atoms with Crippen molar-refractivity contribution in [2.45, 2.75) is 230 Å². The third kappa shape index (κ3) is 25.8. The standard InChI is InChI=1S/C42H79O13P/c1-3-5-7-9-11-12-13-14-15-16-17-18-19-20-21-22-23-24-25-27-29-31-36(44)54-34(32-52-35(43)30-28-26-10-8-6-4-2)33-53-56(50,51)55-42-40(48)38(46)37(45)39(47)41(42)49/h16-17,34,37-42,45-49H,3-15,18-33H2,1-2H3,(H,50,51)/b17-16-. The van der Waals surface area contributed by atoms with Crippen LogP contribution in [0.25, 0.3) is 0 Å². The zero-order valence-corrected chi connectivity index (χ0v) is 35.6. The summed E-state index contributed by atoms with van der Waals surface area (Å²) in [5.74, 6) is -1.11. The summed E-state index contributed by atoms with van der Waals surface area (Å²) in [5, 5.41) is 49.9. The van der Waals surface area contributed by atoms with E-state index in [2.05, 4.69) is 26.0 Å². The molecule has 0 bridgehead atoms. The topological polar surface area (TPSA) is 210 Å². The van der Waals surface area contributed by atoms with Gasteiger partial charge in [-0.3, -0.25) is 18.6 Å². The summed E-state index contributed by atoms with van der Waals surface area (Å²) in [6, 6.07) is 0. The molecule has 1 fully saturated rings. The normalized spacial score (nSPS) is 22.9. The van der Waals surface area contributed by atoms with E-state index in [1.165, 1.54) is 83.5 Å². The third-order valence-corrected chi connectivity index (χ3v) is 11.3. The molecule has 0 aromatic heterocycles. The van der Waals surface area contributed by atoms with Crippen LogP contribution in [0.4, 0.5) is 0 Å². The Labute approximate surface area is 337 Å². The molecule has 1 aliphatic rings. The number of unbranched alkanes of at least 4 members (excludes halogenated alkanes) is 22. The highest BCUT2D eigenvalue weighted by Gasteiger charge is 2.51. The fourth-order valence-electron chi connectivity index (χ4n) is 6.75. The molecule has 0 spiro atoms. The predicted octanol–water partition coefficient (Wildman–Crippen LogP) is 7.89. The minimum atomic E-state index is -5.10. The Kier molecular flexibility index (Phi) is 31.4. The van der Waals surface area contributed by atoms with Crippen LogP contribution >= 0.6 is 7.82 Å². The molecule has 6 N–H and O–H groups in total. The minimum absolute atomic E-state index is 0.0978. The van der Waals surface area contributed by atoms with E-state index in [0.29, 0.717) is 12.8 Å².